The van der Waals surface area contributed by atoms with Gasteiger partial charge in [-0.1, -0.05) is 37.5 Å². The first kappa shape index (κ1) is 23.4. The Kier molecular flexibility index (Phi) is 6.99. The molecule has 1 aliphatic carbocycles. The molecule has 2 aromatic heterocycles. The number of esters is 1. The highest BCUT2D eigenvalue weighted by atomic mass is 16.5. The number of amides is 1. The largest absolute Gasteiger partial charge is 0.464 e. The van der Waals surface area contributed by atoms with Crippen molar-refractivity contribution in [2.75, 3.05) is 24.4 Å². The van der Waals surface area contributed by atoms with Crippen LogP contribution in [-0.4, -0.2) is 47.3 Å². The average Bonchev–Trinajstić information content (AvgIpc) is 3.51. The number of methoxy groups -OCH3 is 1. The van der Waals surface area contributed by atoms with Crippen LogP contribution in [0.5, 0.6) is 0 Å². The van der Waals surface area contributed by atoms with Gasteiger partial charge in [0.15, 0.2) is 5.69 Å². The van der Waals surface area contributed by atoms with Crippen molar-refractivity contribution in [1.29, 1.82) is 0 Å². The number of fused-ring (bicyclic) bond motifs is 1. The van der Waals surface area contributed by atoms with Crippen LogP contribution in [0, 0.1) is 0 Å². The number of benzene rings is 1. The lowest BCUT2D eigenvalue weighted by molar-refractivity contribution is 0.0580. The van der Waals surface area contributed by atoms with E-state index >= 15 is 0 Å². The van der Waals surface area contributed by atoms with Crippen molar-refractivity contribution in [3.8, 4) is 0 Å². The van der Waals surface area contributed by atoms with Crippen LogP contribution < -0.4 is 10.6 Å². The zero-order chi connectivity index (χ0) is 24.2. The Labute approximate surface area is 205 Å². The molecule has 2 aliphatic rings. The molecular formula is C27H32N4O4. The first-order valence-corrected chi connectivity index (χ1v) is 12.5. The van der Waals surface area contributed by atoms with E-state index < -0.39 is 5.97 Å². The van der Waals surface area contributed by atoms with Gasteiger partial charge in [-0.05, 0) is 43.9 Å². The van der Waals surface area contributed by atoms with Gasteiger partial charge in [0.05, 0.1) is 37.3 Å². The zero-order valence-corrected chi connectivity index (χ0v) is 20.1. The molecule has 0 spiro atoms. The molecule has 1 aliphatic heterocycles. The molecule has 0 bridgehead atoms. The third kappa shape index (κ3) is 5.03. The quantitative estimate of drug-likeness (QED) is 0.466. The van der Waals surface area contributed by atoms with Crippen molar-refractivity contribution in [2.24, 2.45) is 0 Å². The summed E-state index contributed by atoms with van der Waals surface area (Å²) in [7, 11) is 1.35. The van der Waals surface area contributed by atoms with Crippen LogP contribution in [0.15, 0.2) is 42.6 Å². The van der Waals surface area contributed by atoms with Gasteiger partial charge in [-0.2, -0.15) is 0 Å². The highest BCUT2D eigenvalue weighted by Gasteiger charge is 2.29. The summed E-state index contributed by atoms with van der Waals surface area (Å²) in [5.74, 6) is -0.816. The molecule has 2 fully saturated rings. The average molecular weight is 477 g/mol. The van der Waals surface area contributed by atoms with E-state index in [4.69, 9.17) is 14.5 Å². The fourth-order valence-corrected chi connectivity index (χ4v) is 5.17. The summed E-state index contributed by atoms with van der Waals surface area (Å²) in [6, 6.07) is 11.3. The molecule has 1 saturated carbocycles. The van der Waals surface area contributed by atoms with Gasteiger partial charge in [-0.3, -0.25) is 4.79 Å². The van der Waals surface area contributed by atoms with Gasteiger partial charge < -0.3 is 24.7 Å². The van der Waals surface area contributed by atoms with Gasteiger partial charge in [0.1, 0.15) is 5.65 Å². The number of nitrogens with zero attached hydrogens (tertiary/aromatic N) is 2. The summed E-state index contributed by atoms with van der Waals surface area (Å²) in [6.07, 6.45) is 9.66. The van der Waals surface area contributed by atoms with E-state index in [1.165, 1.54) is 26.4 Å². The summed E-state index contributed by atoms with van der Waals surface area (Å²) in [5, 5.41) is 7.30. The molecule has 1 aromatic carbocycles. The number of nitrogens with one attached hydrogen (secondary N) is 2. The van der Waals surface area contributed by atoms with Crippen LogP contribution in [0.2, 0.25) is 0 Å². The highest BCUT2D eigenvalue weighted by Crippen LogP contribution is 2.34. The van der Waals surface area contributed by atoms with E-state index in [1.54, 1.807) is 12.1 Å². The fraction of sp³-hybridized carbons (Fsp3) is 0.444. The first-order valence-electron chi connectivity index (χ1n) is 12.5. The molecule has 2 N–H and O–H groups in total. The number of pyridine rings is 1. The first-order chi connectivity index (χ1) is 17.1. The lowest BCUT2D eigenvalue weighted by Crippen LogP contribution is -2.22. The molecule has 1 atom stereocenters. The number of anilines is 2. The molecule has 8 heteroatoms. The van der Waals surface area contributed by atoms with E-state index in [1.807, 2.05) is 35.0 Å². The molecule has 1 saturated heterocycles. The van der Waals surface area contributed by atoms with E-state index in [0.717, 1.165) is 31.4 Å². The maximum absolute atomic E-state index is 13.1. The summed E-state index contributed by atoms with van der Waals surface area (Å²) >= 11 is 0. The molecule has 184 valence electrons. The van der Waals surface area contributed by atoms with Crippen molar-refractivity contribution in [1.82, 2.24) is 9.55 Å². The van der Waals surface area contributed by atoms with Gasteiger partial charge in [0, 0.05) is 23.6 Å². The van der Waals surface area contributed by atoms with Crippen molar-refractivity contribution >= 4 is 34.3 Å². The summed E-state index contributed by atoms with van der Waals surface area (Å²) < 4.78 is 12.8. The van der Waals surface area contributed by atoms with Crippen LogP contribution >= 0.6 is 0 Å². The van der Waals surface area contributed by atoms with Gasteiger partial charge in [-0.15, -0.1) is 0 Å². The number of ether oxygens (including phenoxy) is 2. The second kappa shape index (κ2) is 10.5. The van der Waals surface area contributed by atoms with Gasteiger partial charge in [0.25, 0.3) is 5.91 Å². The Bertz CT molecular complexity index is 1190. The van der Waals surface area contributed by atoms with Gasteiger partial charge >= 0.3 is 5.97 Å². The molecule has 1 unspecified atom stereocenters. The second-order valence-electron chi connectivity index (χ2n) is 9.36. The summed E-state index contributed by atoms with van der Waals surface area (Å²) in [5.41, 5.74) is 2.71. The Balaban J connectivity index is 1.59. The Hall–Kier alpha value is -3.39. The molecule has 35 heavy (non-hydrogen) atoms. The zero-order valence-electron chi connectivity index (χ0n) is 20.1. The standard InChI is InChI=1S/C27H32N4O4/c1-34-27(33)24-23(30-26(32)18-9-4-2-5-10-18)22-15-20(29-19-11-6-3-7-12-19)16-28-25(22)31(24)17-21-13-8-14-35-21/h2,4-5,9-10,15-16,19,21,29H,3,6-8,11-14,17H2,1H3,(H,30,32). The predicted molar refractivity (Wildman–Crippen MR) is 135 cm³/mol. The van der Waals surface area contributed by atoms with Crippen LogP contribution in [0.25, 0.3) is 11.0 Å². The van der Waals surface area contributed by atoms with Gasteiger partial charge in [0.2, 0.25) is 0 Å². The second-order valence-corrected chi connectivity index (χ2v) is 9.36. The molecule has 3 aromatic rings. The summed E-state index contributed by atoms with van der Waals surface area (Å²) in [6.45, 7) is 1.17. The fourth-order valence-electron chi connectivity index (χ4n) is 5.17. The van der Waals surface area contributed by atoms with Crippen LogP contribution in [0.3, 0.4) is 0 Å². The van der Waals surface area contributed by atoms with Gasteiger partial charge in [-0.25, -0.2) is 9.78 Å². The summed E-state index contributed by atoms with van der Waals surface area (Å²) in [4.78, 5) is 30.9. The number of rotatable bonds is 7. The van der Waals surface area contributed by atoms with E-state index in [-0.39, 0.29) is 17.7 Å². The monoisotopic (exact) mass is 476 g/mol. The number of carbonyl (C=O) groups excluding carboxylic acids is 2. The Morgan fingerprint density at radius 2 is 1.91 bits per heavy atom. The van der Waals surface area contributed by atoms with Crippen LogP contribution in [0.4, 0.5) is 11.4 Å². The minimum Gasteiger partial charge on any atom is -0.464 e. The van der Waals surface area contributed by atoms with E-state index in [9.17, 15) is 9.59 Å². The molecule has 1 amide bonds. The minimum absolute atomic E-state index is 0.0199. The molecular weight excluding hydrogens is 444 g/mol. The third-order valence-electron chi connectivity index (χ3n) is 6.94. The lowest BCUT2D eigenvalue weighted by atomic mass is 9.95. The molecule has 3 heterocycles. The van der Waals surface area contributed by atoms with Crippen molar-refractivity contribution in [3.05, 3.63) is 53.9 Å². The maximum Gasteiger partial charge on any atom is 0.356 e. The number of hydrogen-bond donors (Lipinski definition) is 2. The van der Waals surface area contributed by atoms with Crippen molar-refractivity contribution in [2.45, 2.75) is 63.6 Å². The van der Waals surface area contributed by atoms with Crippen molar-refractivity contribution in [3.63, 3.8) is 0 Å². The normalized spacial score (nSPS) is 18.5. The third-order valence-corrected chi connectivity index (χ3v) is 6.94. The molecule has 5 rings (SSSR count). The topological polar surface area (TPSA) is 94.5 Å². The predicted octanol–water partition coefficient (Wildman–Crippen LogP) is 5.00. The minimum atomic E-state index is -0.522. The van der Waals surface area contributed by atoms with Crippen LogP contribution in [0.1, 0.15) is 65.8 Å². The SMILES string of the molecule is COC(=O)c1c(NC(=O)c2ccccc2)c2cc(NC3CCCCC3)cnc2n1CC1CCCO1. The highest BCUT2D eigenvalue weighted by molar-refractivity contribution is 6.14. The Morgan fingerprint density at radius 1 is 1.11 bits per heavy atom. The van der Waals surface area contributed by atoms with Crippen molar-refractivity contribution < 1.29 is 19.1 Å². The Morgan fingerprint density at radius 3 is 2.63 bits per heavy atom. The van der Waals surface area contributed by atoms with E-state index in [2.05, 4.69) is 10.6 Å². The number of hydrogen-bond acceptors (Lipinski definition) is 6. The van der Waals surface area contributed by atoms with Crippen LogP contribution in [-0.2, 0) is 16.0 Å². The lowest BCUT2D eigenvalue weighted by Gasteiger charge is -2.23. The number of aromatic nitrogens is 2. The maximum atomic E-state index is 13.1. The molecule has 8 nitrogen and oxygen atoms in total. The molecule has 0 radical (unpaired) electrons. The number of carbonyl (C=O) groups is 2. The van der Waals surface area contributed by atoms with E-state index in [0.29, 0.717) is 41.5 Å². The smallest absolute Gasteiger partial charge is 0.356 e.